The average Bonchev–Trinajstić information content (AvgIpc) is 2.46. The van der Waals surface area contributed by atoms with E-state index < -0.39 is 10.7 Å². The highest BCUT2D eigenvalue weighted by Crippen LogP contribution is 2.20. The van der Waals surface area contributed by atoms with E-state index in [1.54, 1.807) is 12.1 Å². The van der Waals surface area contributed by atoms with E-state index in [1.165, 1.54) is 36.4 Å². The molecule has 2 aromatic carbocycles. The van der Waals surface area contributed by atoms with Crippen LogP contribution in [-0.2, 0) is 6.61 Å². The van der Waals surface area contributed by atoms with Gasteiger partial charge in [-0.3, -0.25) is 10.1 Å². The molecule has 0 spiro atoms. The number of hydrogen-bond donors (Lipinski definition) is 0. The van der Waals surface area contributed by atoms with E-state index in [4.69, 9.17) is 10.00 Å². The predicted octanol–water partition coefficient (Wildman–Crippen LogP) is 3.18. The molecule has 5 nitrogen and oxygen atoms in total. The molecule has 0 aromatic heterocycles. The van der Waals surface area contributed by atoms with Crippen molar-refractivity contribution >= 4 is 5.69 Å². The van der Waals surface area contributed by atoms with Gasteiger partial charge in [0.15, 0.2) is 0 Å². The highest BCUT2D eigenvalue weighted by atomic mass is 19.1. The fourth-order valence-electron chi connectivity index (χ4n) is 1.60. The molecule has 0 amide bonds. The lowest BCUT2D eigenvalue weighted by atomic mass is 10.1. The molecule has 0 fully saturated rings. The van der Waals surface area contributed by atoms with Gasteiger partial charge in [-0.2, -0.15) is 5.26 Å². The Morgan fingerprint density at radius 3 is 2.80 bits per heavy atom. The molecule has 0 atom stereocenters. The molecule has 0 heterocycles. The lowest BCUT2D eigenvalue weighted by Crippen LogP contribution is -1.97. The Morgan fingerprint density at radius 2 is 2.10 bits per heavy atom. The molecule has 0 unspecified atom stereocenters. The lowest BCUT2D eigenvalue weighted by Gasteiger charge is -2.06. The van der Waals surface area contributed by atoms with Crippen molar-refractivity contribution in [1.82, 2.24) is 0 Å². The molecule has 0 radical (unpaired) electrons. The normalized spacial score (nSPS) is 9.80. The largest absolute Gasteiger partial charge is 0.489 e. The SMILES string of the molecule is N#Cc1cc(COc2cccc([N+](=O)[O-])c2)ccc1F. The molecule has 0 aliphatic carbocycles. The summed E-state index contributed by atoms with van der Waals surface area (Å²) >= 11 is 0. The van der Waals surface area contributed by atoms with Crippen LogP contribution in [0.2, 0.25) is 0 Å². The third-order valence-electron chi connectivity index (χ3n) is 2.59. The van der Waals surface area contributed by atoms with E-state index in [0.717, 1.165) is 0 Å². The number of nitrogens with zero attached hydrogens (tertiary/aromatic N) is 2. The van der Waals surface area contributed by atoms with Crippen molar-refractivity contribution in [3.05, 3.63) is 69.5 Å². The summed E-state index contributed by atoms with van der Waals surface area (Å²) in [7, 11) is 0. The second-order valence-corrected chi connectivity index (χ2v) is 3.97. The second-order valence-electron chi connectivity index (χ2n) is 3.97. The molecule has 0 aliphatic heterocycles. The van der Waals surface area contributed by atoms with Gasteiger partial charge in [0, 0.05) is 6.07 Å². The van der Waals surface area contributed by atoms with Gasteiger partial charge in [0.1, 0.15) is 24.2 Å². The molecule has 6 heteroatoms. The van der Waals surface area contributed by atoms with Gasteiger partial charge in [0.05, 0.1) is 16.6 Å². The maximum atomic E-state index is 13.1. The van der Waals surface area contributed by atoms with Crippen molar-refractivity contribution < 1.29 is 14.1 Å². The van der Waals surface area contributed by atoms with Crippen molar-refractivity contribution in [2.24, 2.45) is 0 Å². The number of nitro benzene ring substituents is 1. The first-order chi connectivity index (χ1) is 9.60. The molecule has 0 N–H and O–H groups in total. The zero-order chi connectivity index (χ0) is 14.5. The van der Waals surface area contributed by atoms with Crippen LogP contribution < -0.4 is 4.74 Å². The second kappa shape index (κ2) is 5.80. The van der Waals surface area contributed by atoms with Crippen molar-refractivity contribution in [3.63, 3.8) is 0 Å². The number of nitro groups is 1. The van der Waals surface area contributed by atoms with Crippen LogP contribution in [0.3, 0.4) is 0 Å². The Kier molecular flexibility index (Phi) is 3.91. The van der Waals surface area contributed by atoms with E-state index in [-0.39, 0.29) is 17.9 Å². The van der Waals surface area contributed by atoms with Gasteiger partial charge in [-0.25, -0.2) is 4.39 Å². The van der Waals surface area contributed by atoms with Crippen LogP contribution in [0.1, 0.15) is 11.1 Å². The Balaban J connectivity index is 2.11. The Morgan fingerprint density at radius 1 is 1.30 bits per heavy atom. The minimum atomic E-state index is -0.591. The van der Waals surface area contributed by atoms with Crippen LogP contribution >= 0.6 is 0 Å². The zero-order valence-corrected chi connectivity index (χ0v) is 10.2. The van der Waals surface area contributed by atoms with E-state index in [1.807, 2.05) is 0 Å². The maximum absolute atomic E-state index is 13.1. The fraction of sp³-hybridized carbons (Fsp3) is 0.0714. The first kappa shape index (κ1) is 13.5. The van der Waals surface area contributed by atoms with Crippen LogP contribution in [0, 0.1) is 27.3 Å². The molecule has 20 heavy (non-hydrogen) atoms. The standard InChI is InChI=1S/C14H9FN2O3/c15-14-5-4-10(6-11(14)8-16)9-20-13-3-1-2-12(7-13)17(18)19/h1-7H,9H2. The number of benzene rings is 2. The number of non-ortho nitro benzene ring substituents is 1. The smallest absolute Gasteiger partial charge is 0.273 e. The van der Waals surface area contributed by atoms with Crippen molar-refractivity contribution in [3.8, 4) is 11.8 Å². The van der Waals surface area contributed by atoms with Crippen molar-refractivity contribution in [2.45, 2.75) is 6.61 Å². The number of rotatable bonds is 4. The Bertz CT molecular complexity index is 695. The third-order valence-corrected chi connectivity index (χ3v) is 2.59. The van der Waals surface area contributed by atoms with E-state index >= 15 is 0 Å². The molecule has 2 aromatic rings. The van der Waals surface area contributed by atoms with Gasteiger partial charge in [-0.05, 0) is 23.8 Å². The van der Waals surface area contributed by atoms with Crippen molar-refractivity contribution in [1.29, 1.82) is 5.26 Å². The molecule has 2 rings (SSSR count). The predicted molar refractivity (Wildman–Crippen MR) is 68.5 cm³/mol. The first-order valence-electron chi connectivity index (χ1n) is 5.66. The zero-order valence-electron chi connectivity index (χ0n) is 10.2. The minimum absolute atomic E-state index is 0.0647. The minimum Gasteiger partial charge on any atom is -0.489 e. The van der Waals surface area contributed by atoms with Crippen LogP contribution in [0.15, 0.2) is 42.5 Å². The van der Waals surface area contributed by atoms with Gasteiger partial charge in [0.25, 0.3) is 5.69 Å². The first-order valence-corrected chi connectivity index (χ1v) is 5.66. The van der Waals surface area contributed by atoms with Crippen LogP contribution in [0.4, 0.5) is 10.1 Å². The van der Waals surface area contributed by atoms with Gasteiger partial charge in [0.2, 0.25) is 0 Å². The van der Waals surface area contributed by atoms with E-state index in [9.17, 15) is 14.5 Å². The van der Waals surface area contributed by atoms with Crippen molar-refractivity contribution in [2.75, 3.05) is 0 Å². The summed E-state index contributed by atoms with van der Waals surface area (Å²) in [5, 5.41) is 19.3. The highest BCUT2D eigenvalue weighted by Gasteiger charge is 2.07. The topological polar surface area (TPSA) is 76.2 Å². The number of hydrogen-bond acceptors (Lipinski definition) is 4. The highest BCUT2D eigenvalue weighted by molar-refractivity contribution is 5.38. The summed E-state index contributed by atoms with van der Waals surface area (Å²) in [5.41, 5.74) is 0.471. The molecule has 0 saturated carbocycles. The summed E-state index contributed by atoms with van der Waals surface area (Å²) in [4.78, 5) is 10.1. The third kappa shape index (κ3) is 3.09. The lowest BCUT2D eigenvalue weighted by molar-refractivity contribution is -0.384. The Hall–Kier alpha value is -2.94. The Labute approximate surface area is 114 Å². The monoisotopic (exact) mass is 272 g/mol. The molecular weight excluding hydrogens is 263 g/mol. The molecule has 0 bridgehead atoms. The quantitative estimate of drug-likeness (QED) is 0.632. The fourth-order valence-corrected chi connectivity index (χ4v) is 1.60. The molecule has 100 valence electrons. The van der Waals surface area contributed by atoms with Gasteiger partial charge >= 0.3 is 0 Å². The van der Waals surface area contributed by atoms with Gasteiger partial charge in [-0.1, -0.05) is 12.1 Å². The number of halogens is 1. The number of nitriles is 1. The van der Waals surface area contributed by atoms with Gasteiger partial charge in [-0.15, -0.1) is 0 Å². The summed E-state index contributed by atoms with van der Waals surface area (Å²) in [6.07, 6.45) is 0. The van der Waals surface area contributed by atoms with E-state index in [0.29, 0.717) is 11.3 Å². The molecule has 0 aliphatic rings. The average molecular weight is 272 g/mol. The maximum Gasteiger partial charge on any atom is 0.273 e. The summed E-state index contributed by atoms with van der Waals surface area (Å²) in [6.45, 7) is 0.0934. The van der Waals surface area contributed by atoms with Crippen LogP contribution in [0.5, 0.6) is 5.75 Å². The number of ether oxygens (including phenoxy) is 1. The summed E-state index contributed by atoms with van der Waals surface area (Å²) in [5.74, 6) is -0.256. The van der Waals surface area contributed by atoms with Crippen LogP contribution in [0.25, 0.3) is 0 Å². The van der Waals surface area contributed by atoms with Gasteiger partial charge < -0.3 is 4.74 Å². The summed E-state index contributed by atoms with van der Waals surface area (Å²) in [6, 6.07) is 11.6. The van der Waals surface area contributed by atoms with Crippen LogP contribution in [-0.4, -0.2) is 4.92 Å². The molecular formula is C14H9FN2O3. The molecule has 0 saturated heterocycles. The summed E-state index contributed by atoms with van der Waals surface area (Å²) < 4.78 is 18.5. The van der Waals surface area contributed by atoms with E-state index in [2.05, 4.69) is 0 Å².